The second kappa shape index (κ2) is 8.89. The SMILES string of the molecule is COC[C@H]1C[C@@H](n2cnc3c(N[C@H]4CCN(c5ccc(Br)cn5)C4)ncnc32)[C@H](O)[C@@H]1O. The molecule has 1 aliphatic carbocycles. The summed E-state index contributed by atoms with van der Waals surface area (Å²) in [7, 11) is 1.60. The number of anilines is 2. The van der Waals surface area contributed by atoms with Crippen LogP contribution < -0.4 is 10.2 Å². The van der Waals surface area contributed by atoms with Gasteiger partial charge in [-0.25, -0.2) is 19.9 Å². The van der Waals surface area contributed by atoms with Gasteiger partial charge in [0.15, 0.2) is 11.5 Å². The largest absolute Gasteiger partial charge is 0.390 e. The van der Waals surface area contributed by atoms with Gasteiger partial charge >= 0.3 is 0 Å². The van der Waals surface area contributed by atoms with Crippen LogP contribution in [0.1, 0.15) is 18.9 Å². The lowest BCUT2D eigenvalue weighted by molar-refractivity contribution is -0.00886. The van der Waals surface area contributed by atoms with Crippen molar-refractivity contribution in [2.45, 2.75) is 37.1 Å². The summed E-state index contributed by atoms with van der Waals surface area (Å²) in [6.45, 7) is 2.11. The molecule has 170 valence electrons. The number of ether oxygens (including phenoxy) is 1. The first-order chi connectivity index (χ1) is 15.5. The molecule has 3 aromatic rings. The molecular formula is C21H26BrN7O3. The number of rotatable bonds is 6. The van der Waals surface area contributed by atoms with E-state index in [9.17, 15) is 10.2 Å². The van der Waals surface area contributed by atoms with Crippen molar-refractivity contribution >= 4 is 38.7 Å². The first kappa shape index (κ1) is 21.5. The first-order valence-electron chi connectivity index (χ1n) is 10.7. The third-order valence-corrected chi connectivity index (χ3v) is 6.90. The Kier molecular flexibility index (Phi) is 5.97. The van der Waals surface area contributed by atoms with Crippen LogP contribution >= 0.6 is 15.9 Å². The molecule has 2 fully saturated rings. The van der Waals surface area contributed by atoms with Crippen molar-refractivity contribution in [3.05, 3.63) is 35.5 Å². The maximum Gasteiger partial charge on any atom is 0.165 e. The number of halogens is 1. The molecule has 5 atom stereocenters. The third-order valence-electron chi connectivity index (χ3n) is 6.43. The van der Waals surface area contributed by atoms with E-state index >= 15 is 0 Å². The first-order valence-corrected chi connectivity index (χ1v) is 11.5. The normalized spacial score (nSPS) is 28.0. The van der Waals surface area contributed by atoms with E-state index < -0.39 is 12.2 Å². The number of imidazole rings is 1. The lowest BCUT2D eigenvalue weighted by Gasteiger charge is -2.19. The van der Waals surface area contributed by atoms with Gasteiger partial charge in [0, 0.05) is 42.8 Å². The predicted molar refractivity (Wildman–Crippen MR) is 123 cm³/mol. The number of aromatic nitrogens is 5. The third kappa shape index (κ3) is 3.94. The predicted octanol–water partition coefficient (Wildman–Crippen LogP) is 1.60. The highest BCUT2D eigenvalue weighted by molar-refractivity contribution is 9.10. The molecule has 11 heteroatoms. The van der Waals surface area contributed by atoms with E-state index in [2.05, 4.69) is 46.1 Å². The zero-order valence-electron chi connectivity index (χ0n) is 17.7. The van der Waals surface area contributed by atoms with E-state index in [1.165, 1.54) is 6.33 Å². The molecule has 0 aromatic carbocycles. The average molecular weight is 504 g/mol. The molecule has 10 nitrogen and oxygen atoms in total. The van der Waals surface area contributed by atoms with Gasteiger partial charge in [0.2, 0.25) is 0 Å². The molecule has 3 N–H and O–H groups in total. The number of methoxy groups -OCH3 is 1. The Balaban J connectivity index is 1.33. The molecule has 0 amide bonds. The zero-order chi connectivity index (χ0) is 22.2. The van der Waals surface area contributed by atoms with Crippen LogP contribution in [0.4, 0.5) is 11.6 Å². The second-order valence-electron chi connectivity index (χ2n) is 8.46. The van der Waals surface area contributed by atoms with Crippen LogP contribution in [-0.4, -0.2) is 79.8 Å². The number of nitrogens with one attached hydrogen (secondary N) is 1. The van der Waals surface area contributed by atoms with Crippen LogP contribution in [0.5, 0.6) is 0 Å². The van der Waals surface area contributed by atoms with E-state index in [0.29, 0.717) is 30.0 Å². The van der Waals surface area contributed by atoms with Crippen molar-refractivity contribution in [3.63, 3.8) is 0 Å². The molecule has 4 heterocycles. The molecule has 1 saturated carbocycles. The highest BCUT2D eigenvalue weighted by atomic mass is 79.9. The van der Waals surface area contributed by atoms with E-state index in [1.54, 1.807) is 13.4 Å². The number of fused-ring (bicyclic) bond motifs is 1. The molecule has 0 spiro atoms. The van der Waals surface area contributed by atoms with Crippen LogP contribution in [0.2, 0.25) is 0 Å². The number of aliphatic hydroxyl groups excluding tert-OH is 2. The van der Waals surface area contributed by atoms with Gasteiger partial charge in [-0.05, 0) is 40.9 Å². The van der Waals surface area contributed by atoms with Gasteiger partial charge < -0.3 is 29.7 Å². The monoisotopic (exact) mass is 503 g/mol. The molecule has 1 aliphatic heterocycles. The summed E-state index contributed by atoms with van der Waals surface area (Å²) in [4.78, 5) is 20.1. The van der Waals surface area contributed by atoms with Gasteiger partial charge in [-0.15, -0.1) is 0 Å². The van der Waals surface area contributed by atoms with E-state index in [0.717, 1.165) is 29.8 Å². The Morgan fingerprint density at radius 3 is 2.84 bits per heavy atom. The minimum Gasteiger partial charge on any atom is -0.390 e. The van der Waals surface area contributed by atoms with E-state index in [-0.39, 0.29) is 18.0 Å². The quantitative estimate of drug-likeness (QED) is 0.460. The van der Waals surface area contributed by atoms with E-state index in [1.807, 2.05) is 22.9 Å². The Hall–Kier alpha value is -2.34. The standard InChI is InChI=1S/C21H26BrN7O3/c1-32-9-12-6-15(19(31)18(12)30)29-11-26-17-20(24-10-25-21(17)29)27-14-4-5-28(8-14)16-3-2-13(22)7-23-16/h2-3,7,10-12,14-15,18-19,30-31H,4-6,8-9H2,1H3,(H,24,25,27)/t12-,14+,15-,18-,19+/m1/s1. The zero-order valence-corrected chi connectivity index (χ0v) is 19.3. The molecule has 32 heavy (non-hydrogen) atoms. The molecule has 0 bridgehead atoms. The molecular weight excluding hydrogens is 478 g/mol. The Morgan fingerprint density at radius 1 is 1.19 bits per heavy atom. The summed E-state index contributed by atoms with van der Waals surface area (Å²) < 4.78 is 8.00. The lowest BCUT2D eigenvalue weighted by Crippen LogP contribution is -2.30. The fourth-order valence-corrected chi connectivity index (χ4v) is 5.02. The second-order valence-corrected chi connectivity index (χ2v) is 9.37. The number of aliphatic hydroxyl groups is 2. The van der Waals surface area contributed by atoms with Crippen molar-refractivity contribution in [2.24, 2.45) is 5.92 Å². The van der Waals surface area contributed by atoms with Gasteiger partial charge in [-0.2, -0.15) is 0 Å². The van der Waals surface area contributed by atoms with Gasteiger partial charge in [0.25, 0.3) is 0 Å². The van der Waals surface area contributed by atoms with Crippen molar-refractivity contribution < 1.29 is 14.9 Å². The van der Waals surface area contributed by atoms with Crippen LogP contribution in [0, 0.1) is 5.92 Å². The molecule has 2 aliphatic rings. The molecule has 0 unspecified atom stereocenters. The smallest absolute Gasteiger partial charge is 0.165 e. The Bertz CT molecular complexity index is 1080. The maximum absolute atomic E-state index is 10.6. The molecule has 3 aromatic heterocycles. The Labute approximate surface area is 193 Å². The average Bonchev–Trinajstić information content (AvgIpc) is 3.50. The number of pyridine rings is 1. The highest BCUT2D eigenvalue weighted by Crippen LogP contribution is 2.37. The topological polar surface area (TPSA) is 121 Å². The fraction of sp³-hybridized carbons (Fsp3) is 0.524. The summed E-state index contributed by atoms with van der Waals surface area (Å²) in [6, 6.07) is 3.89. The van der Waals surface area contributed by atoms with Gasteiger partial charge in [-0.3, -0.25) is 0 Å². The van der Waals surface area contributed by atoms with Crippen molar-refractivity contribution in [1.29, 1.82) is 0 Å². The summed E-state index contributed by atoms with van der Waals surface area (Å²) in [5, 5.41) is 24.5. The highest BCUT2D eigenvalue weighted by Gasteiger charge is 2.43. The number of hydrogen-bond donors (Lipinski definition) is 3. The number of hydrogen-bond acceptors (Lipinski definition) is 9. The minimum atomic E-state index is -0.902. The van der Waals surface area contributed by atoms with Gasteiger partial charge in [0.05, 0.1) is 25.1 Å². The van der Waals surface area contributed by atoms with Crippen LogP contribution in [-0.2, 0) is 4.74 Å². The van der Waals surface area contributed by atoms with Gasteiger partial charge in [-0.1, -0.05) is 0 Å². The van der Waals surface area contributed by atoms with Crippen molar-refractivity contribution in [3.8, 4) is 0 Å². The molecule has 0 radical (unpaired) electrons. The number of nitrogens with zero attached hydrogens (tertiary/aromatic N) is 6. The van der Waals surface area contributed by atoms with Crippen LogP contribution in [0.25, 0.3) is 11.2 Å². The maximum atomic E-state index is 10.6. The van der Waals surface area contributed by atoms with E-state index in [4.69, 9.17) is 4.74 Å². The lowest BCUT2D eigenvalue weighted by atomic mass is 10.1. The van der Waals surface area contributed by atoms with Crippen LogP contribution in [0.15, 0.2) is 35.5 Å². The molecule has 5 rings (SSSR count). The minimum absolute atomic E-state index is 0.131. The fourth-order valence-electron chi connectivity index (χ4n) is 4.79. The van der Waals surface area contributed by atoms with Gasteiger partial charge in [0.1, 0.15) is 23.8 Å². The molecule has 1 saturated heterocycles. The summed E-state index contributed by atoms with van der Waals surface area (Å²) >= 11 is 3.43. The Morgan fingerprint density at radius 2 is 2.06 bits per heavy atom. The summed E-state index contributed by atoms with van der Waals surface area (Å²) in [6.07, 6.45) is 4.79. The van der Waals surface area contributed by atoms with Crippen molar-refractivity contribution in [1.82, 2.24) is 24.5 Å². The summed E-state index contributed by atoms with van der Waals surface area (Å²) in [5.74, 6) is 1.49. The van der Waals surface area contributed by atoms with Crippen molar-refractivity contribution in [2.75, 3.05) is 37.0 Å². The summed E-state index contributed by atoms with van der Waals surface area (Å²) in [5.41, 5.74) is 1.30. The van der Waals surface area contributed by atoms with Crippen LogP contribution in [0.3, 0.4) is 0 Å².